The average molecular weight is 173 g/mol. The number of nitrogens with one attached hydrogen (secondary N) is 1. The van der Waals surface area contributed by atoms with Crippen LogP contribution in [-0.2, 0) is 0 Å². The molecule has 0 aliphatic rings. The lowest BCUT2D eigenvalue weighted by molar-refractivity contribution is 0.727. The zero-order chi connectivity index (χ0) is 8.85. The second-order valence-electron chi connectivity index (χ2n) is 2.54. The minimum Gasteiger partial charge on any atom is -0.375 e. The van der Waals surface area contributed by atoms with E-state index in [0.717, 1.165) is 12.1 Å². The normalized spacial score (nSPS) is 14.3. The molecule has 0 saturated carbocycles. The molecule has 0 aromatic rings. The third kappa shape index (κ3) is 4.72. The van der Waals surface area contributed by atoms with E-state index in [0.29, 0.717) is 5.92 Å². The summed E-state index contributed by atoms with van der Waals surface area (Å²) in [7, 11) is 0. The molecule has 0 radical (unpaired) electrons. The third-order valence-electron chi connectivity index (χ3n) is 1.67. The van der Waals surface area contributed by atoms with Crippen molar-refractivity contribution in [3.05, 3.63) is 0 Å². The fraction of sp³-hybridized carbons (Fsp3) is 0.714. The average Bonchev–Trinajstić information content (AvgIpc) is 1.98. The molecule has 0 aliphatic carbocycles. The summed E-state index contributed by atoms with van der Waals surface area (Å²) in [5.74, 6) is 0.483. The topological polar surface area (TPSA) is 50.4 Å². The SMILES string of the molecule is CC[C@@H](C)/C(C)=N\NC(N)=S. The Bertz CT molecular complexity index is 165. The first-order valence-electron chi connectivity index (χ1n) is 3.67. The second-order valence-corrected chi connectivity index (χ2v) is 2.98. The van der Waals surface area contributed by atoms with E-state index in [2.05, 4.69) is 36.6 Å². The van der Waals surface area contributed by atoms with Crippen LogP contribution in [0.4, 0.5) is 0 Å². The highest BCUT2D eigenvalue weighted by molar-refractivity contribution is 7.80. The number of hydrogen-bond donors (Lipinski definition) is 2. The van der Waals surface area contributed by atoms with Crippen molar-refractivity contribution in [2.24, 2.45) is 16.8 Å². The zero-order valence-corrected chi connectivity index (χ0v) is 8.03. The molecule has 4 heteroatoms. The Hall–Kier alpha value is -0.640. The quantitative estimate of drug-likeness (QED) is 0.383. The molecule has 0 aromatic carbocycles. The minimum atomic E-state index is 0.215. The molecule has 0 spiro atoms. The summed E-state index contributed by atoms with van der Waals surface area (Å²) >= 11 is 4.60. The van der Waals surface area contributed by atoms with Gasteiger partial charge in [0, 0.05) is 5.71 Å². The van der Waals surface area contributed by atoms with Gasteiger partial charge in [0.15, 0.2) is 5.11 Å². The minimum absolute atomic E-state index is 0.215. The predicted molar refractivity (Wildman–Crippen MR) is 52.5 cm³/mol. The smallest absolute Gasteiger partial charge is 0.184 e. The van der Waals surface area contributed by atoms with E-state index in [9.17, 15) is 0 Å². The van der Waals surface area contributed by atoms with Gasteiger partial charge in [-0.15, -0.1) is 0 Å². The maximum absolute atomic E-state index is 5.20. The van der Waals surface area contributed by atoms with E-state index in [1.165, 1.54) is 0 Å². The monoisotopic (exact) mass is 173 g/mol. The molecule has 3 nitrogen and oxygen atoms in total. The molecule has 64 valence electrons. The number of hydrazone groups is 1. The first kappa shape index (κ1) is 10.4. The van der Waals surface area contributed by atoms with Crippen LogP contribution in [0.5, 0.6) is 0 Å². The highest BCUT2D eigenvalue weighted by Gasteiger charge is 2.01. The standard InChI is InChI=1S/C7H15N3S/c1-4-5(2)6(3)9-10-7(8)11/h5H,4H2,1-3H3,(H3,8,10,11)/b9-6-/t5-/m1/s1. The van der Waals surface area contributed by atoms with Crippen molar-refractivity contribution < 1.29 is 0 Å². The van der Waals surface area contributed by atoms with Gasteiger partial charge in [0.05, 0.1) is 0 Å². The highest BCUT2D eigenvalue weighted by Crippen LogP contribution is 2.01. The number of thiocarbonyl (C=S) groups is 1. The molecule has 1 atom stereocenters. The first-order valence-corrected chi connectivity index (χ1v) is 4.08. The van der Waals surface area contributed by atoms with Gasteiger partial charge in [0.25, 0.3) is 0 Å². The van der Waals surface area contributed by atoms with Crippen molar-refractivity contribution in [2.75, 3.05) is 0 Å². The van der Waals surface area contributed by atoms with Gasteiger partial charge in [0.2, 0.25) is 0 Å². The van der Waals surface area contributed by atoms with Gasteiger partial charge in [-0.25, -0.2) is 0 Å². The van der Waals surface area contributed by atoms with Gasteiger partial charge < -0.3 is 5.73 Å². The molecule has 3 N–H and O–H groups in total. The van der Waals surface area contributed by atoms with E-state index in [4.69, 9.17) is 5.73 Å². The lowest BCUT2D eigenvalue weighted by Crippen LogP contribution is -2.26. The number of hydrogen-bond acceptors (Lipinski definition) is 2. The Labute approximate surface area is 73.0 Å². The van der Waals surface area contributed by atoms with Gasteiger partial charge >= 0.3 is 0 Å². The van der Waals surface area contributed by atoms with Crippen LogP contribution in [0.1, 0.15) is 27.2 Å². The number of rotatable bonds is 3. The van der Waals surface area contributed by atoms with Gasteiger partial charge in [-0.05, 0) is 31.5 Å². The summed E-state index contributed by atoms with van der Waals surface area (Å²) in [6.07, 6.45) is 1.08. The summed E-state index contributed by atoms with van der Waals surface area (Å²) in [5.41, 5.74) is 8.78. The summed E-state index contributed by atoms with van der Waals surface area (Å²) < 4.78 is 0. The van der Waals surface area contributed by atoms with E-state index in [-0.39, 0.29) is 5.11 Å². The van der Waals surface area contributed by atoms with Crippen LogP contribution < -0.4 is 11.2 Å². The Morgan fingerprint density at radius 1 is 1.73 bits per heavy atom. The van der Waals surface area contributed by atoms with Crippen molar-refractivity contribution in [2.45, 2.75) is 27.2 Å². The molecular formula is C7H15N3S. The Morgan fingerprint density at radius 2 is 2.27 bits per heavy atom. The van der Waals surface area contributed by atoms with Crippen LogP contribution >= 0.6 is 12.2 Å². The van der Waals surface area contributed by atoms with Gasteiger partial charge in [-0.2, -0.15) is 5.10 Å². The van der Waals surface area contributed by atoms with Crippen molar-refractivity contribution in [1.82, 2.24) is 5.43 Å². The van der Waals surface area contributed by atoms with E-state index >= 15 is 0 Å². The molecule has 0 aromatic heterocycles. The molecule has 0 aliphatic heterocycles. The Morgan fingerprint density at radius 3 is 2.64 bits per heavy atom. The Kier molecular flexibility index (Phi) is 4.77. The molecule has 0 saturated heterocycles. The van der Waals surface area contributed by atoms with Crippen LogP contribution in [-0.4, -0.2) is 10.8 Å². The molecule has 0 rings (SSSR count). The maximum Gasteiger partial charge on any atom is 0.184 e. The van der Waals surface area contributed by atoms with Crippen LogP contribution in [0.3, 0.4) is 0 Å². The fourth-order valence-corrected chi connectivity index (χ4v) is 0.595. The summed E-state index contributed by atoms with van der Waals surface area (Å²) in [6, 6.07) is 0. The lowest BCUT2D eigenvalue weighted by atomic mass is 10.1. The van der Waals surface area contributed by atoms with E-state index < -0.39 is 0 Å². The maximum atomic E-state index is 5.20. The molecule has 0 amide bonds. The van der Waals surface area contributed by atoms with Crippen molar-refractivity contribution >= 4 is 23.0 Å². The van der Waals surface area contributed by atoms with Crippen LogP contribution in [0.2, 0.25) is 0 Å². The van der Waals surface area contributed by atoms with Crippen molar-refractivity contribution in [3.8, 4) is 0 Å². The second kappa shape index (κ2) is 5.07. The van der Waals surface area contributed by atoms with Gasteiger partial charge in [-0.3, -0.25) is 5.43 Å². The van der Waals surface area contributed by atoms with Gasteiger partial charge in [0.1, 0.15) is 0 Å². The molecule has 11 heavy (non-hydrogen) atoms. The lowest BCUT2D eigenvalue weighted by Gasteiger charge is -2.07. The third-order valence-corrected chi connectivity index (χ3v) is 1.76. The van der Waals surface area contributed by atoms with Crippen LogP contribution in [0.15, 0.2) is 5.10 Å². The highest BCUT2D eigenvalue weighted by atomic mass is 32.1. The summed E-state index contributed by atoms with van der Waals surface area (Å²) in [5, 5.41) is 4.21. The molecule has 0 heterocycles. The van der Waals surface area contributed by atoms with Crippen molar-refractivity contribution in [1.29, 1.82) is 0 Å². The van der Waals surface area contributed by atoms with Crippen LogP contribution in [0.25, 0.3) is 0 Å². The first-order chi connectivity index (χ1) is 5.07. The largest absolute Gasteiger partial charge is 0.375 e. The molecule has 0 bridgehead atoms. The fourth-order valence-electron chi connectivity index (χ4n) is 0.549. The molecule has 0 unspecified atom stereocenters. The summed E-state index contributed by atoms with van der Waals surface area (Å²) in [4.78, 5) is 0. The van der Waals surface area contributed by atoms with Crippen LogP contribution in [0, 0.1) is 5.92 Å². The zero-order valence-electron chi connectivity index (χ0n) is 7.22. The van der Waals surface area contributed by atoms with E-state index in [1.54, 1.807) is 0 Å². The van der Waals surface area contributed by atoms with E-state index in [1.807, 2.05) is 6.92 Å². The van der Waals surface area contributed by atoms with Crippen molar-refractivity contribution in [3.63, 3.8) is 0 Å². The summed E-state index contributed by atoms with van der Waals surface area (Å²) in [6.45, 7) is 6.18. The Balaban J connectivity index is 3.89. The molecule has 0 fully saturated rings. The number of nitrogens with two attached hydrogens (primary N) is 1. The predicted octanol–water partition coefficient (Wildman–Crippen LogP) is 1.24. The van der Waals surface area contributed by atoms with Gasteiger partial charge in [-0.1, -0.05) is 13.8 Å². The number of nitrogens with zero attached hydrogens (tertiary/aromatic N) is 1. The molecular weight excluding hydrogens is 158 g/mol.